The van der Waals surface area contributed by atoms with E-state index < -0.39 is 5.97 Å². The zero-order chi connectivity index (χ0) is 12.4. The quantitative estimate of drug-likeness (QED) is 0.849. The van der Waals surface area contributed by atoms with Gasteiger partial charge in [-0.05, 0) is 18.6 Å². The summed E-state index contributed by atoms with van der Waals surface area (Å²) < 4.78 is 5.24. The number of aromatic nitrogens is 2. The number of nitrogens with zero attached hydrogens (tertiary/aromatic N) is 1. The van der Waals surface area contributed by atoms with Crippen LogP contribution in [0, 0.1) is 6.92 Å². The maximum Gasteiger partial charge on any atom is 0.339 e. The van der Waals surface area contributed by atoms with Gasteiger partial charge in [-0.3, -0.25) is 5.10 Å². The average molecular weight is 232 g/mol. The van der Waals surface area contributed by atoms with E-state index in [4.69, 9.17) is 9.84 Å². The molecule has 0 bridgehead atoms. The fourth-order valence-corrected chi connectivity index (χ4v) is 1.77. The van der Waals surface area contributed by atoms with Crippen LogP contribution in [0.1, 0.15) is 15.9 Å². The van der Waals surface area contributed by atoms with E-state index in [0.717, 1.165) is 11.1 Å². The van der Waals surface area contributed by atoms with Crippen molar-refractivity contribution in [2.45, 2.75) is 6.92 Å². The molecule has 0 amide bonds. The van der Waals surface area contributed by atoms with E-state index in [2.05, 4.69) is 10.2 Å². The Morgan fingerprint density at radius 2 is 2.24 bits per heavy atom. The van der Waals surface area contributed by atoms with Crippen LogP contribution in [0.15, 0.2) is 24.4 Å². The number of ether oxygens (including phenoxy) is 1. The number of aromatic carboxylic acids is 1. The Morgan fingerprint density at radius 1 is 1.47 bits per heavy atom. The maximum absolute atomic E-state index is 11.1. The number of rotatable bonds is 3. The first kappa shape index (κ1) is 11.2. The Hall–Kier alpha value is -2.30. The Kier molecular flexibility index (Phi) is 2.82. The van der Waals surface area contributed by atoms with Crippen molar-refractivity contribution in [1.82, 2.24) is 10.2 Å². The number of aromatic amines is 1. The summed E-state index contributed by atoms with van der Waals surface area (Å²) in [6, 6.07) is 5.54. The molecule has 0 aliphatic rings. The summed E-state index contributed by atoms with van der Waals surface area (Å²) in [6.45, 7) is 1.89. The summed E-state index contributed by atoms with van der Waals surface area (Å²) in [4.78, 5) is 11.1. The van der Waals surface area contributed by atoms with Crippen molar-refractivity contribution >= 4 is 5.97 Å². The number of carboxylic acids is 1. The number of aryl methyl sites for hydroxylation is 1. The van der Waals surface area contributed by atoms with Gasteiger partial charge in [0.1, 0.15) is 11.3 Å². The van der Waals surface area contributed by atoms with Crippen LogP contribution < -0.4 is 4.74 Å². The average Bonchev–Trinajstić information content (AvgIpc) is 2.77. The van der Waals surface area contributed by atoms with Gasteiger partial charge in [0.15, 0.2) is 0 Å². The standard InChI is InChI=1S/C12H12N2O3/c1-7-4-3-5-9(17-2)10(7)11-8(12(15)16)6-13-14-11/h3-6H,1-2H3,(H,13,14)(H,15,16). The molecule has 0 radical (unpaired) electrons. The highest BCUT2D eigenvalue weighted by Gasteiger charge is 2.18. The Balaban J connectivity index is 2.68. The van der Waals surface area contributed by atoms with Gasteiger partial charge in [-0.25, -0.2) is 4.79 Å². The number of H-pyrrole nitrogens is 1. The first-order chi connectivity index (χ1) is 8.15. The van der Waals surface area contributed by atoms with Crippen LogP contribution >= 0.6 is 0 Å². The van der Waals surface area contributed by atoms with Gasteiger partial charge in [0.25, 0.3) is 0 Å². The highest BCUT2D eigenvalue weighted by molar-refractivity contribution is 5.95. The smallest absolute Gasteiger partial charge is 0.339 e. The fourth-order valence-electron chi connectivity index (χ4n) is 1.77. The van der Waals surface area contributed by atoms with Crippen LogP contribution in [-0.4, -0.2) is 28.4 Å². The molecule has 1 aromatic heterocycles. The maximum atomic E-state index is 11.1. The Morgan fingerprint density at radius 3 is 2.88 bits per heavy atom. The summed E-state index contributed by atoms with van der Waals surface area (Å²) in [5.74, 6) is -0.393. The number of carbonyl (C=O) groups is 1. The van der Waals surface area contributed by atoms with Crippen LogP contribution in [0.3, 0.4) is 0 Å². The number of methoxy groups -OCH3 is 1. The van der Waals surface area contributed by atoms with Crippen molar-refractivity contribution < 1.29 is 14.6 Å². The van der Waals surface area contributed by atoms with Crippen molar-refractivity contribution in [3.8, 4) is 17.0 Å². The van der Waals surface area contributed by atoms with E-state index in [9.17, 15) is 4.79 Å². The minimum atomic E-state index is -1.01. The molecule has 0 spiro atoms. The van der Waals surface area contributed by atoms with Crippen LogP contribution in [0.2, 0.25) is 0 Å². The lowest BCUT2D eigenvalue weighted by Crippen LogP contribution is -1.99. The predicted molar refractivity (Wildman–Crippen MR) is 62.3 cm³/mol. The van der Waals surface area contributed by atoms with E-state index in [0.29, 0.717) is 11.4 Å². The van der Waals surface area contributed by atoms with E-state index in [1.807, 2.05) is 19.1 Å². The van der Waals surface area contributed by atoms with Crippen LogP contribution in [0.4, 0.5) is 0 Å². The normalized spacial score (nSPS) is 10.2. The molecule has 0 aliphatic heterocycles. The second-order valence-corrected chi connectivity index (χ2v) is 3.62. The van der Waals surface area contributed by atoms with Gasteiger partial charge in [-0.15, -0.1) is 0 Å². The van der Waals surface area contributed by atoms with Gasteiger partial charge in [-0.1, -0.05) is 12.1 Å². The summed E-state index contributed by atoms with van der Waals surface area (Å²) in [7, 11) is 1.55. The lowest BCUT2D eigenvalue weighted by molar-refractivity contribution is 0.0698. The minimum absolute atomic E-state index is 0.137. The predicted octanol–water partition coefficient (Wildman–Crippen LogP) is 2.09. The summed E-state index contributed by atoms with van der Waals surface area (Å²) in [5.41, 5.74) is 2.26. The van der Waals surface area contributed by atoms with Crippen LogP contribution in [-0.2, 0) is 0 Å². The molecule has 0 unspecified atom stereocenters. The van der Waals surface area contributed by atoms with E-state index >= 15 is 0 Å². The van der Waals surface area contributed by atoms with Crippen molar-refractivity contribution in [1.29, 1.82) is 0 Å². The van der Waals surface area contributed by atoms with Gasteiger partial charge >= 0.3 is 5.97 Å². The lowest BCUT2D eigenvalue weighted by Gasteiger charge is -2.10. The van der Waals surface area contributed by atoms with Crippen molar-refractivity contribution in [2.75, 3.05) is 7.11 Å². The third-order valence-electron chi connectivity index (χ3n) is 2.57. The molecule has 1 aromatic carbocycles. The topological polar surface area (TPSA) is 75.2 Å². The zero-order valence-electron chi connectivity index (χ0n) is 9.52. The highest BCUT2D eigenvalue weighted by Crippen LogP contribution is 2.33. The molecule has 1 heterocycles. The summed E-state index contributed by atoms with van der Waals surface area (Å²) >= 11 is 0. The molecule has 0 fully saturated rings. The molecular weight excluding hydrogens is 220 g/mol. The van der Waals surface area contributed by atoms with E-state index in [1.54, 1.807) is 13.2 Å². The fraction of sp³-hybridized carbons (Fsp3) is 0.167. The molecule has 2 rings (SSSR count). The van der Waals surface area contributed by atoms with E-state index in [1.165, 1.54) is 6.20 Å². The first-order valence-corrected chi connectivity index (χ1v) is 5.05. The molecule has 17 heavy (non-hydrogen) atoms. The largest absolute Gasteiger partial charge is 0.496 e. The SMILES string of the molecule is COc1cccc(C)c1-c1[nH]ncc1C(=O)O. The highest BCUT2D eigenvalue weighted by atomic mass is 16.5. The molecule has 2 N–H and O–H groups in total. The van der Waals surface area contributed by atoms with Crippen molar-refractivity contribution in [2.24, 2.45) is 0 Å². The number of hydrogen-bond donors (Lipinski definition) is 2. The van der Waals surface area contributed by atoms with Gasteiger partial charge < -0.3 is 9.84 Å². The zero-order valence-corrected chi connectivity index (χ0v) is 9.52. The Labute approximate surface area is 98.0 Å². The van der Waals surface area contributed by atoms with Gasteiger partial charge in [0.05, 0.1) is 19.0 Å². The van der Waals surface area contributed by atoms with Crippen molar-refractivity contribution in [3.05, 3.63) is 35.5 Å². The number of benzene rings is 1. The molecule has 0 atom stereocenters. The molecule has 5 heteroatoms. The number of hydrogen-bond acceptors (Lipinski definition) is 3. The monoisotopic (exact) mass is 232 g/mol. The number of nitrogens with one attached hydrogen (secondary N) is 1. The van der Waals surface area contributed by atoms with Gasteiger partial charge in [-0.2, -0.15) is 5.10 Å². The molecule has 0 saturated carbocycles. The summed E-state index contributed by atoms with van der Waals surface area (Å²) in [6.07, 6.45) is 1.30. The molecule has 5 nitrogen and oxygen atoms in total. The summed E-state index contributed by atoms with van der Waals surface area (Å²) in [5, 5.41) is 15.6. The van der Waals surface area contributed by atoms with E-state index in [-0.39, 0.29) is 5.56 Å². The molecule has 2 aromatic rings. The third kappa shape index (κ3) is 1.87. The molecule has 0 saturated heterocycles. The molecule has 0 aliphatic carbocycles. The molecule has 88 valence electrons. The Bertz CT molecular complexity index is 561. The van der Waals surface area contributed by atoms with Crippen LogP contribution in [0.25, 0.3) is 11.3 Å². The second-order valence-electron chi connectivity index (χ2n) is 3.62. The third-order valence-corrected chi connectivity index (χ3v) is 2.57. The van der Waals surface area contributed by atoms with Gasteiger partial charge in [0.2, 0.25) is 0 Å². The number of carboxylic acid groups (broad SMARTS) is 1. The van der Waals surface area contributed by atoms with Crippen LogP contribution in [0.5, 0.6) is 5.75 Å². The second kappa shape index (κ2) is 4.29. The first-order valence-electron chi connectivity index (χ1n) is 5.05. The lowest BCUT2D eigenvalue weighted by atomic mass is 10.0. The minimum Gasteiger partial charge on any atom is -0.496 e. The molecular formula is C12H12N2O3. The van der Waals surface area contributed by atoms with Crippen molar-refractivity contribution in [3.63, 3.8) is 0 Å². The van der Waals surface area contributed by atoms with Gasteiger partial charge in [0, 0.05) is 5.56 Å².